The average Bonchev–Trinajstić information content (AvgIpc) is 2.38. The molecule has 1 N–H and O–H groups in total. The Hall–Kier alpha value is -1.28. The molecule has 1 aromatic carbocycles. The van der Waals surface area contributed by atoms with E-state index in [4.69, 9.17) is 16.9 Å². The third-order valence-electron chi connectivity index (χ3n) is 3.40. The molecule has 20 heavy (non-hydrogen) atoms. The minimum atomic E-state index is -0.658. The highest BCUT2D eigenvalue weighted by atomic mass is 35.5. The van der Waals surface area contributed by atoms with Gasteiger partial charge in [-0.15, -0.1) is 0 Å². The number of β-amino-alcohol motifs (C(OH)–C–C–N with tert-alkyl or cyclic N) is 1. The van der Waals surface area contributed by atoms with Crippen molar-refractivity contribution < 1.29 is 5.11 Å². The Bertz CT molecular complexity index is 511. The van der Waals surface area contributed by atoms with Gasteiger partial charge in [0.15, 0.2) is 0 Å². The summed E-state index contributed by atoms with van der Waals surface area (Å²) in [6, 6.07) is 7.51. The molecule has 2 rings (SSSR count). The molecule has 1 heterocycles. The van der Waals surface area contributed by atoms with Gasteiger partial charge in [0.1, 0.15) is 0 Å². The Balaban J connectivity index is 1.99. The zero-order valence-corrected chi connectivity index (χ0v) is 12.7. The van der Waals surface area contributed by atoms with Crippen LogP contribution in [0.4, 0.5) is 5.69 Å². The lowest BCUT2D eigenvalue weighted by Gasteiger charge is -2.38. The van der Waals surface area contributed by atoms with Crippen molar-refractivity contribution in [1.29, 1.82) is 5.26 Å². The first-order chi connectivity index (χ1) is 9.39. The van der Waals surface area contributed by atoms with Gasteiger partial charge in [-0.3, -0.25) is 4.90 Å². The van der Waals surface area contributed by atoms with Crippen LogP contribution >= 0.6 is 11.6 Å². The number of anilines is 1. The number of piperazine rings is 1. The lowest BCUT2D eigenvalue weighted by molar-refractivity contribution is 0.0345. The van der Waals surface area contributed by atoms with Gasteiger partial charge < -0.3 is 10.0 Å². The molecule has 1 aliphatic heterocycles. The van der Waals surface area contributed by atoms with Crippen LogP contribution in [0.5, 0.6) is 0 Å². The molecule has 1 fully saturated rings. The van der Waals surface area contributed by atoms with E-state index in [1.54, 1.807) is 12.1 Å². The monoisotopic (exact) mass is 293 g/mol. The normalized spacial score (nSPS) is 17.1. The Kier molecular flexibility index (Phi) is 4.54. The van der Waals surface area contributed by atoms with Crippen LogP contribution in [0.2, 0.25) is 5.02 Å². The highest BCUT2D eigenvalue weighted by molar-refractivity contribution is 6.33. The molecule has 0 radical (unpaired) electrons. The fourth-order valence-electron chi connectivity index (χ4n) is 2.53. The summed E-state index contributed by atoms with van der Waals surface area (Å²) >= 11 is 6.24. The molecule has 5 heteroatoms. The summed E-state index contributed by atoms with van der Waals surface area (Å²) < 4.78 is 0. The number of hydrogen-bond donors (Lipinski definition) is 1. The second kappa shape index (κ2) is 6.01. The van der Waals surface area contributed by atoms with Crippen molar-refractivity contribution in [1.82, 2.24) is 4.90 Å². The van der Waals surface area contributed by atoms with E-state index in [1.807, 2.05) is 19.9 Å². The number of hydrogen-bond acceptors (Lipinski definition) is 4. The van der Waals surface area contributed by atoms with E-state index >= 15 is 0 Å². The van der Waals surface area contributed by atoms with Crippen LogP contribution in [-0.2, 0) is 0 Å². The first-order valence-electron chi connectivity index (χ1n) is 6.78. The Morgan fingerprint density at radius 1 is 1.30 bits per heavy atom. The lowest BCUT2D eigenvalue weighted by atomic mass is 10.1. The first kappa shape index (κ1) is 15.1. The largest absolute Gasteiger partial charge is 0.389 e. The molecule has 0 bridgehead atoms. The van der Waals surface area contributed by atoms with Crippen molar-refractivity contribution in [3.8, 4) is 6.07 Å². The third kappa shape index (κ3) is 3.86. The molecule has 0 saturated carbocycles. The lowest BCUT2D eigenvalue weighted by Crippen LogP contribution is -2.50. The minimum absolute atomic E-state index is 0.583. The maximum absolute atomic E-state index is 9.85. The SMILES string of the molecule is CC(C)(O)CN1CCN(c2ccc(C#N)cc2Cl)CC1. The zero-order valence-electron chi connectivity index (χ0n) is 11.9. The van der Waals surface area contributed by atoms with Crippen LogP contribution in [0, 0.1) is 11.3 Å². The molecule has 0 aromatic heterocycles. The maximum atomic E-state index is 9.85. The van der Waals surface area contributed by atoms with Gasteiger partial charge in [-0.1, -0.05) is 11.6 Å². The van der Waals surface area contributed by atoms with E-state index in [0.29, 0.717) is 17.1 Å². The summed E-state index contributed by atoms with van der Waals surface area (Å²) in [5, 5.41) is 19.3. The van der Waals surface area contributed by atoms with Crippen LogP contribution in [0.15, 0.2) is 18.2 Å². The number of halogens is 1. The summed E-state index contributed by atoms with van der Waals surface area (Å²) in [5.41, 5.74) is 0.904. The Morgan fingerprint density at radius 3 is 2.45 bits per heavy atom. The number of rotatable bonds is 3. The maximum Gasteiger partial charge on any atom is 0.0992 e. The quantitative estimate of drug-likeness (QED) is 0.927. The molecule has 1 aliphatic rings. The van der Waals surface area contributed by atoms with Crippen molar-refractivity contribution in [3.05, 3.63) is 28.8 Å². The third-order valence-corrected chi connectivity index (χ3v) is 3.70. The molecule has 108 valence electrons. The van der Waals surface area contributed by atoms with Gasteiger partial charge in [-0.25, -0.2) is 0 Å². The van der Waals surface area contributed by atoms with E-state index in [2.05, 4.69) is 15.9 Å². The van der Waals surface area contributed by atoms with Gasteiger partial charge >= 0.3 is 0 Å². The highest BCUT2D eigenvalue weighted by Gasteiger charge is 2.23. The molecule has 0 spiro atoms. The van der Waals surface area contributed by atoms with E-state index in [9.17, 15) is 5.11 Å². The summed E-state index contributed by atoms with van der Waals surface area (Å²) in [7, 11) is 0. The Labute approximate surface area is 125 Å². The summed E-state index contributed by atoms with van der Waals surface area (Å²) in [4.78, 5) is 4.48. The minimum Gasteiger partial charge on any atom is -0.389 e. The smallest absolute Gasteiger partial charge is 0.0992 e. The molecule has 0 atom stereocenters. The Morgan fingerprint density at radius 2 is 1.95 bits per heavy atom. The van der Waals surface area contributed by atoms with E-state index in [-0.39, 0.29) is 0 Å². The van der Waals surface area contributed by atoms with Crippen molar-refractivity contribution in [3.63, 3.8) is 0 Å². The van der Waals surface area contributed by atoms with Gasteiger partial charge in [0, 0.05) is 32.7 Å². The summed E-state index contributed by atoms with van der Waals surface area (Å²) in [6.07, 6.45) is 0. The van der Waals surface area contributed by atoms with Crippen molar-refractivity contribution in [2.24, 2.45) is 0 Å². The van der Waals surface area contributed by atoms with Crippen LogP contribution < -0.4 is 4.90 Å². The van der Waals surface area contributed by atoms with E-state index in [1.165, 1.54) is 0 Å². The average molecular weight is 294 g/mol. The zero-order chi connectivity index (χ0) is 14.8. The van der Waals surface area contributed by atoms with Crippen molar-refractivity contribution >= 4 is 17.3 Å². The number of nitrogens with zero attached hydrogens (tertiary/aromatic N) is 3. The van der Waals surface area contributed by atoms with Gasteiger partial charge in [-0.2, -0.15) is 5.26 Å². The standard InChI is InChI=1S/C15H20ClN3O/c1-15(2,20)11-18-5-7-19(8-6-18)14-4-3-12(10-17)9-13(14)16/h3-4,9,20H,5-8,11H2,1-2H3. The highest BCUT2D eigenvalue weighted by Crippen LogP contribution is 2.27. The van der Waals surface area contributed by atoms with Gasteiger partial charge in [0.05, 0.1) is 27.9 Å². The predicted octanol–water partition coefficient (Wildman–Crippen LogP) is 2.10. The van der Waals surface area contributed by atoms with Crippen molar-refractivity contribution in [2.45, 2.75) is 19.4 Å². The van der Waals surface area contributed by atoms with Crippen molar-refractivity contribution in [2.75, 3.05) is 37.6 Å². The number of aliphatic hydroxyl groups is 1. The fourth-order valence-corrected chi connectivity index (χ4v) is 2.83. The topological polar surface area (TPSA) is 50.5 Å². The van der Waals surface area contributed by atoms with Gasteiger partial charge in [0.2, 0.25) is 0 Å². The second-order valence-corrected chi connectivity index (χ2v) is 6.26. The molecular weight excluding hydrogens is 274 g/mol. The fraction of sp³-hybridized carbons (Fsp3) is 0.533. The molecule has 4 nitrogen and oxygen atoms in total. The molecule has 1 aromatic rings. The predicted molar refractivity (Wildman–Crippen MR) is 81.1 cm³/mol. The summed E-state index contributed by atoms with van der Waals surface area (Å²) in [5.74, 6) is 0. The van der Waals surface area contributed by atoms with Crippen LogP contribution in [0.3, 0.4) is 0 Å². The van der Waals surface area contributed by atoms with E-state index < -0.39 is 5.60 Å². The summed E-state index contributed by atoms with van der Waals surface area (Å²) in [6.45, 7) is 7.90. The van der Waals surface area contributed by atoms with Crippen LogP contribution in [0.1, 0.15) is 19.4 Å². The van der Waals surface area contributed by atoms with Gasteiger partial charge in [-0.05, 0) is 32.0 Å². The first-order valence-corrected chi connectivity index (χ1v) is 7.16. The molecular formula is C15H20ClN3O. The number of benzene rings is 1. The molecule has 0 amide bonds. The van der Waals surface area contributed by atoms with E-state index in [0.717, 1.165) is 31.9 Å². The molecule has 1 saturated heterocycles. The van der Waals surface area contributed by atoms with Gasteiger partial charge in [0.25, 0.3) is 0 Å². The van der Waals surface area contributed by atoms with Crippen LogP contribution in [0.25, 0.3) is 0 Å². The molecule has 0 aliphatic carbocycles. The second-order valence-electron chi connectivity index (χ2n) is 5.85. The number of nitriles is 1. The molecule has 0 unspecified atom stereocenters. The van der Waals surface area contributed by atoms with Crippen LogP contribution in [-0.4, -0.2) is 48.3 Å².